The van der Waals surface area contributed by atoms with E-state index in [1.807, 2.05) is 11.8 Å². The molecule has 2 N–H and O–H groups in total. The van der Waals surface area contributed by atoms with Gasteiger partial charge in [-0.2, -0.15) is 0 Å². The quantitative estimate of drug-likeness (QED) is 0.316. The fourth-order valence-corrected chi connectivity index (χ4v) is 6.84. The number of amides is 1. The summed E-state index contributed by atoms with van der Waals surface area (Å²) in [6, 6.07) is 0.973. The first-order valence-corrected chi connectivity index (χ1v) is 15.3. The number of nitrogens with zero attached hydrogens (tertiary/aromatic N) is 4. The Balaban J connectivity index is 1.60. The molecule has 2 heterocycles. The number of sulfonamides is 1. The second kappa shape index (κ2) is 13.0. The minimum Gasteiger partial charge on any atom is -0.477 e. The van der Waals surface area contributed by atoms with E-state index in [0.717, 1.165) is 36.3 Å². The lowest BCUT2D eigenvalue weighted by Crippen LogP contribution is -2.32. The first kappa shape index (κ1) is 29.7. The number of thiazole rings is 1. The molecule has 14 heteroatoms. The van der Waals surface area contributed by atoms with Gasteiger partial charge in [0.15, 0.2) is 10.8 Å². The summed E-state index contributed by atoms with van der Waals surface area (Å²) >= 11 is 1.05. The Bertz CT molecular complexity index is 1440. The van der Waals surface area contributed by atoms with Crippen molar-refractivity contribution in [2.75, 3.05) is 32.0 Å². The Labute approximate surface area is 236 Å². The molecule has 1 aliphatic rings. The van der Waals surface area contributed by atoms with Crippen molar-refractivity contribution in [1.29, 1.82) is 0 Å². The van der Waals surface area contributed by atoms with Crippen molar-refractivity contribution in [3.05, 3.63) is 52.9 Å². The van der Waals surface area contributed by atoms with Crippen LogP contribution in [0.1, 0.15) is 60.4 Å². The van der Waals surface area contributed by atoms with Crippen molar-refractivity contribution in [1.82, 2.24) is 25.2 Å². The van der Waals surface area contributed by atoms with Crippen LogP contribution in [0.15, 0.2) is 30.7 Å². The fraction of sp³-hybridized carbons (Fsp3) is 0.462. The van der Waals surface area contributed by atoms with Crippen LogP contribution < -0.4 is 14.8 Å². The number of halogens is 2. The van der Waals surface area contributed by atoms with Gasteiger partial charge in [0.05, 0.1) is 40.9 Å². The van der Waals surface area contributed by atoms with Crippen molar-refractivity contribution in [2.45, 2.75) is 50.3 Å². The SMILES string of the molecule is CCOc1cncc(-c2cnc(C(=O)N[C@H](CCN(C)C)c3c(F)ccc(NS(=O)(=O)C4CCCC4)c3F)s2)n1. The van der Waals surface area contributed by atoms with Gasteiger partial charge in [0, 0.05) is 11.8 Å². The van der Waals surface area contributed by atoms with E-state index in [2.05, 4.69) is 25.0 Å². The Kier molecular flexibility index (Phi) is 9.64. The zero-order chi connectivity index (χ0) is 28.9. The van der Waals surface area contributed by atoms with Gasteiger partial charge in [0.1, 0.15) is 11.5 Å². The molecule has 1 fully saturated rings. The maximum atomic E-state index is 15.7. The third-order valence-electron chi connectivity index (χ3n) is 6.50. The first-order valence-electron chi connectivity index (χ1n) is 12.9. The molecule has 0 saturated heterocycles. The van der Waals surface area contributed by atoms with Gasteiger partial charge in [0.25, 0.3) is 5.91 Å². The standard InChI is InChI=1S/C26H32F2N6O4S2/c1-4-38-22-15-29-13-20(31-22)21-14-30-26(39-21)25(35)32-18(11-12-34(2)3)23-17(27)9-10-19(24(23)28)33-40(36,37)16-7-5-6-8-16/h9-10,13-16,18,33H,4-8,11-12H2,1-3H3,(H,32,35)/t18-/m1/s1. The third kappa shape index (κ3) is 7.09. The second-order valence-electron chi connectivity index (χ2n) is 9.70. The van der Waals surface area contributed by atoms with Gasteiger partial charge in [-0.3, -0.25) is 14.5 Å². The minimum atomic E-state index is -3.85. The molecule has 4 rings (SSSR count). The topological polar surface area (TPSA) is 126 Å². The molecular weight excluding hydrogens is 562 g/mol. The Morgan fingerprint density at radius 2 is 1.95 bits per heavy atom. The average molecular weight is 595 g/mol. The molecule has 10 nitrogen and oxygen atoms in total. The zero-order valence-electron chi connectivity index (χ0n) is 22.5. The molecular formula is C26H32F2N6O4S2. The largest absolute Gasteiger partial charge is 0.477 e. The summed E-state index contributed by atoms with van der Waals surface area (Å²) in [5.74, 6) is -2.26. The molecule has 3 aromatic rings. The van der Waals surface area contributed by atoms with Gasteiger partial charge < -0.3 is 15.0 Å². The zero-order valence-corrected chi connectivity index (χ0v) is 24.1. The van der Waals surface area contributed by atoms with E-state index in [4.69, 9.17) is 4.74 Å². The second-order valence-corrected chi connectivity index (χ2v) is 12.7. The molecule has 216 valence electrons. The Morgan fingerprint density at radius 1 is 1.20 bits per heavy atom. The van der Waals surface area contributed by atoms with Crippen molar-refractivity contribution in [3.8, 4) is 16.5 Å². The number of aromatic nitrogens is 3. The number of hydrogen-bond donors (Lipinski definition) is 2. The molecule has 0 bridgehead atoms. The highest BCUT2D eigenvalue weighted by atomic mass is 32.2. The highest BCUT2D eigenvalue weighted by Gasteiger charge is 2.31. The van der Waals surface area contributed by atoms with E-state index in [1.165, 1.54) is 18.6 Å². The summed E-state index contributed by atoms with van der Waals surface area (Å²) in [7, 11) is -0.262. The van der Waals surface area contributed by atoms with Gasteiger partial charge in [-0.25, -0.2) is 27.2 Å². The van der Waals surface area contributed by atoms with Crippen molar-refractivity contribution in [2.24, 2.45) is 0 Å². The van der Waals surface area contributed by atoms with E-state index in [0.29, 0.717) is 42.4 Å². The number of ether oxygens (including phenoxy) is 1. The van der Waals surface area contributed by atoms with E-state index in [-0.39, 0.29) is 17.1 Å². The van der Waals surface area contributed by atoms with Crippen molar-refractivity contribution < 1.29 is 26.7 Å². The lowest BCUT2D eigenvalue weighted by atomic mass is 10.0. The maximum Gasteiger partial charge on any atom is 0.280 e. The lowest BCUT2D eigenvalue weighted by molar-refractivity contribution is 0.0931. The van der Waals surface area contributed by atoms with Gasteiger partial charge in [-0.05, 0) is 59.0 Å². The fourth-order valence-electron chi connectivity index (χ4n) is 4.48. The summed E-state index contributed by atoms with van der Waals surface area (Å²) in [6.45, 7) is 2.63. The number of hydrogen-bond acceptors (Lipinski definition) is 9. The molecule has 1 amide bonds. The summed E-state index contributed by atoms with van der Waals surface area (Å²) in [6.07, 6.45) is 7.16. The summed E-state index contributed by atoms with van der Waals surface area (Å²) in [4.78, 5) is 28.2. The number of anilines is 1. The summed E-state index contributed by atoms with van der Waals surface area (Å²) < 4.78 is 64.1. The molecule has 1 saturated carbocycles. The monoisotopic (exact) mass is 594 g/mol. The van der Waals surface area contributed by atoms with Crippen LogP contribution in [0.25, 0.3) is 10.6 Å². The predicted octanol–water partition coefficient (Wildman–Crippen LogP) is 4.38. The van der Waals surface area contributed by atoms with Crippen molar-refractivity contribution >= 4 is 33.0 Å². The first-order chi connectivity index (χ1) is 19.1. The van der Waals surface area contributed by atoms with Crippen LogP contribution in [0.2, 0.25) is 0 Å². The lowest BCUT2D eigenvalue weighted by Gasteiger charge is -2.23. The number of benzene rings is 1. The highest BCUT2D eigenvalue weighted by molar-refractivity contribution is 7.93. The van der Waals surface area contributed by atoms with Crippen LogP contribution >= 0.6 is 11.3 Å². The highest BCUT2D eigenvalue weighted by Crippen LogP contribution is 2.32. The van der Waals surface area contributed by atoms with Gasteiger partial charge in [0.2, 0.25) is 15.9 Å². The number of nitrogens with one attached hydrogen (secondary N) is 2. The van der Waals surface area contributed by atoms with E-state index in [1.54, 1.807) is 14.1 Å². The smallest absolute Gasteiger partial charge is 0.280 e. The molecule has 2 aromatic heterocycles. The average Bonchev–Trinajstić information content (AvgIpc) is 3.63. The molecule has 0 radical (unpaired) electrons. The predicted molar refractivity (Wildman–Crippen MR) is 149 cm³/mol. The van der Waals surface area contributed by atoms with Crippen LogP contribution in [-0.4, -0.2) is 66.7 Å². The molecule has 1 aliphatic carbocycles. The van der Waals surface area contributed by atoms with Crippen LogP contribution in [0.5, 0.6) is 5.88 Å². The van der Waals surface area contributed by atoms with Crippen LogP contribution in [-0.2, 0) is 10.0 Å². The molecule has 1 atom stereocenters. The minimum absolute atomic E-state index is 0.0624. The van der Waals surface area contributed by atoms with Gasteiger partial charge in [-0.1, -0.05) is 12.8 Å². The van der Waals surface area contributed by atoms with E-state index in [9.17, 15) is 13.2 Å². The molecule has 0 spiro atoms. The van der Waals surface area contributed by atoms with Crippen LogP contribution in [0.4, 0.5) is 14.5 Å². The van der Waals surface area contributed by atoms with Gasteiger partial charge in [-0.15, -0.1) is 11.3 Å². The third-order valence-corrected chi connectivity index (χ3v) is 9.37. The van der Waals surface area contributed by atoms with E-state index >= 15 is 8.78 Å². The van der Waals surface area contributed by atoms with E-state index < -0.39 is 44.4 Å². The molecule has 1 aromatic carbocycles. The molecule has 0 unspecified atom stereocenters. The number of carbonyl (C=O) groups excluding carboxylic acids is 1. The van der Waals surface area contributed by atoms with Crippen molar-refractivity contribution in [3.63, 3.8) is 0 Å². The number of carbonyl (C=O) groups is 1. The Morgan fingerprint density at radius 3 is 2.65 bits per heavy atom. The molecule has 0 aliphatic heterocycles. The molecule has 40 heavy (non-hydrogen) atoms. The summed E-state index contributed by atoms with van der Waals surface area (Å²) in [5.41, 5.74) is -0.309. The Hall–Kier alpha value is -3.23. The van der Waals surface area contributed by atoms with Gasteiger partial charge >= 0.3 is 0 Å². The normalized spacial score (nSPS) is 14.8. The van der Waals surface area contributed by atoms with Crippen LogP contribution in [0.3, 0.4) is 0 Å². The number of rotatable bonds is 12. The van der Waals surface area contributed by atoms with Crippen LogP contribution in [0, 0.1) is 11.6 Å². The summed E-state index contributed by atoms with van der Waals surface area (Å²) in [5, 5.41) is 2.13. The maximum absolute atomic E-state index is 15.7.